The maximum absolute atomic E-state index is 13.8. The first-order valence-corrected chi connectivity index (χ1v) is 11.3. The summed E-state index contributed by atoms with van der Waals surface area (Å²) in [5, 5.41) is 2.32. The van der Waals surface area contributed by atoms with E-state index in [0.29, 0.717) is 18.8 Å². The molecule has 0 spiro atoms. The Morgan fingerprint density at radius 3 is 2.39 bits per heavy atom. The third-order valence-electron chi connectivity index (χ3n) is 5.17. The van der Waals surface area contributed by atoms with Gasteiger partial charge in [0, 0.05) is 37.8 Å². The van der Waals surface area contributed by atoms with Crippen LogP contribution >= 0.6 is 0 Å². The van der Waals surface area contributed by atoms with E-state index in [1.165, 1.54) is 33.5 Å². The van der Waals surface area contributed by atoms with Crippen LogP contribution < -0.4 is 10.2 Å². The Kier molecular flexibility index (Phi) is 6.71. The number of sulfonamides is 1. The van der Waals surface area contributed by atoms with E-state index in [0.717, 1.165) is 18.2 Å². The topological polar surface area (TPSA) is 86.8 Å². The second kappa shape index (κ2) is 9.11. The van der Waals surface area contributed by atoms with Gasteiger partial charge >= 0.3 is 0 Å². The average molecular weight is 451 g/mol. The van der Waals surface area contributed by atoms with Gasteiger partial charge in [0.15, 0.2) is 0 Å². The molecule has 3 rings (SSSR count). The van der Waals surface area contributed by atoms with Gasteiger partial charge in [0.25, 0.3) is 0 Å². The second-order valence-corrected chi connectivity index (χ2v) is 9.04. The van der Waals surface area contributed by atoms with Crippen LogP contribution in [-0.4, -0.2) is 44.2 Å². The quantitative estimate of drug-likeness (QED) is 0.701. The van der Waals surface area contributed by atoms with Crippen molar-refractivity contribution in [1.82, 2.24) is 4.31 Å². The average Bonchev–Trinajstić information content (AvgIpc) is 3.13. The van der Waals surface area contributed by atoms with Crippen molar-refractivity contribution in [3.05, 3.63) is 54.1 Å². The Hall–Kier alpha value is -2.85. The fraction of sp³-hybridized carbons (Fsp3) is 0.333. The summed E-state index contributed by atoms with van der Waals surface area (Å²) in [7, 11) is -3.62. The van der Waals surface area contributed by atoms with Crippen LogP contribution in [0.4, 0.5) is 20.2 Å². The van der Waals surface area contributed by atoms with E-state index in [1.54, 1.807) is 13.8 Å². The summed E-state index contributed by atoms with van der Waals surface area (Å²) in [6, 6.07) is 8.59. The summed E-state index contributed by atoms with van der Waals surface area (Å²) in [4.78, 5) is 26.4. The Labute approximate surface area is 179 Å². The molecule has 7 nitrogen and oxygen atoms in total. The molecule has 31 heavy (non-hydrogen) atoms. The first kappa shape index (κ1) is 22.8. The molecule has 10 heteroatoms. The van der Waals surface area contributed by atoms with E-state index >= 15 is 0 Å². The van der Waals surface area contributed by atoms with Crippen LogP contribution in [0.1, 0.15) is 20.3 Å². The first-order valence-electron chi connectivity index (χ1n) is 9.83. The molecule has 1 aliphatic rings. The molecule has 1 atom stereocenters. The molecular formula is C21H23F2N3O4S. The van der Waals surface area contributed by atoms with Gasteiger partial charge in [0.2, 0.25) is 21.8 Å². The van der Waals surface area contributed by atoms with Gasteiger partial charge in [-0.2, -0.15) is 4.31 Å². The van der Waals surface area contributed by atoms with Crippen LogP contribution in [-0.2, 0) is 19.6 Å². The Morgan fingerprint density at radius 2 is 1.77 bits per heavy atom. The van der Waals surface area contributed by atoms with E-state index in [1.807, 2.05) is 0 Å². The van der Waals surface area contributed by atoms with Crippen molar-refractivity contribution in [1.29, 1.82) is 0 Å². The van der Waals surface area contributed by atoms with Crippen LogP contribution in [0.15, 0.2) is 47.4 Å². The number of hydrogen-bond acceptors (Lipinski definition) is 4. The zero-order chi connectivity index (χ0) is 22.8. The first-order chi connectivity index (χ1) is 14.7. The number of amides is 2. The molecule has 166 valence electrons. The number of carbonyl (C=O) groups is 2. The van der Waals surface area contributed by atoms with Gasteiger partial charge in [-0.1, -0.05) is 13.8 Å². The zero-order valence-corrected chi connectivity index (χ0v) is 18.0. The predicted octanol–water partition coefficient (Wildman–Crippen LogP) is 2.99. The highest BCUT2D eigenvalue weighted by atomic mass is 32.2. The van der Waals surface area contributed by atoms with Gasteiger partial charge in [0.1, 0.15) is 11.6 Å². The lowest BCUT2D eigenvalue weighted by molar-refractivity contribution is -0.122. The molecule has 0 saturated carbocycles. The molecule has 1 heterocycles. The van der Waals surface area contributed by atoms with Crippen LogP contribution in [0.2, 0.25) is 0 Å². The van der Waals surface area contributed by atoms with Crippen LogP contribution in [0, 0.1) is 17.6 Å². The van der Waals surface area contributed by atoms with Crippen molar-refractivity contribution in [2.24, 2.45) is 5.92 Å². The van der Waals surface area contributed by atoms with Gasteiger partial charge in [-0.3, -0.25) is 9.59 Å². The standard InChI is InChI=1S/C21H23F2N3O4S/c1-3-25(4-2)31(29,30)17-8-6-16(7-9-17)26-13-14(11-20(26)27)21(28)24-19-12-15(22)5-10-18(19)23/h5-10,12,14H,3-4,11,13H2,1-2H3,(H,24,28)/t14-/m1/s1. The molecule has 0 unspecified atom stereocenters. The molecule has 0 bridgehead atoms. The van der Waals surface area contributed by atoms with Crippen molar-refractivity contribution in [3.8, 4) is 0 Å². The molecule has 2 aromatic carbocycles. The molecule has 1 fully saturated rings. The zero-order valence-electron chi connectivity index (χ0n) is 17.1. The molecule has 2 aromatic rings. The summed E-state index contributed by atoms with van der Waals surface area (Å²) in [6.07, 6.45) is -0.0950. The molecule has 0 aliphatic carbocycles. The van der Waals surface area contributed by atoms with E-state index in [-0.39, 0.29) is 29.5 Å². The summed E-state index contributed by atoms with van der Waals surface area (Å²) in [5.41, 5.74) is 0.164. The Morgan fingerprint density at radius 1 is 1.13 bits per heavy atom. The lowest BCUT2D eigenvalue weighted by atomic mass is 10.1. The largest absolute Gasteiger partial charge is 0.323 e. The minimum atomic E-state index is -3.62. The Bertz CT molecular complexity index is 1090. The number of rotatable bonds is 7. The number of nitrogens with one attached hydrogen (secondary N) is 1. The molecule has 1 saturated heterocycles. The highest BCUT2D eigenvalue weighted by Gasteiger charge is 2.35. The Balaban J connectivity index is 1.73. The smallest absolute Gasteiger partial charge is 0.243 e. The fourth-order valence-electron chi connectivity index (χ4n) is 3.47. The van der Waals surface area contributed by atoms with E-state index in [9.17, 15) is 26.8 Å². The van der Waals surface area contributed by atoms with Crippen LogP contribution in [0.25, 0.3) is 0 Å². The lowest BCUT2D eigenvalue weighted by Crippen LogP contribution is -2.31. The van der Waals surface area contributed by atoms with Crippen molar-refractivity contribution in [2.75, 3.05) is 29.9 Å². The fourth-order valence-corrected chi connectivity index (χ4v) is 4.93. The maximum atomic E-state index is 13.8. The van der Waals surface area contributed by atoms with E-state index in [4.69, 9.17) is 0 Å². The molecule has 1 aliphatic heterocycles. The van der Waals surface area contributed by atoms with Crippen molar-refractivity contribution in [2.45, 2.75) is 25.2 Å². The minimum Gasteiger partial charge on any atom is -0.323 e. The lowest BCUT2D eigenvalue weighted by Gasteiger charge is -2.20. The van der Waals surface area contributed by atoms with Gasteiger partial charge in [0.05, 0.1) is 16.5 Å². The molecule has 2 amide bonds. The van der Waals surface area contributed by atoms with Crippen LogP contribution in [0.3, 0.4) is 0 Å². The third-order valence-corrected chi connectivity index (χ3v) is 7.24. The maximum Gasteiger partial charge on any atom is 0.243 e. The summed E-state index contributed by atoms with van der Waals surface area (Å²) < 4.78 is 53.6. The van der Waals surface area contributed by atoms with E-state index < -0.39 is 33.5 Å². The number of benzene rings is 2. The summed E-state index contributed by atoms with van der Waals surface area (Å²) in [5.74, 6) is -3.14. The third kappa shape index (κ3) is 4.75. The second-order valence-electron chi connectivity index (χ2n) is 7.10. The molecule has 1 N–H and O–H groups in total. The van der Waals surface area contributed by atoms with Crippen molar-refractivity contribution >= 4 is 33.2 Å². The number of nitrogens with zero attached hydrogens (tertiary/aromatic N) is 2. The van der Waals surface area contributed by atoms with Crippen molar-refractivity contribution < 1.29 is 26.8 Å². The van der Waals surface area contributed by atoms with Gasteiger partial charge in [-0.15, -0.1) is 0 Å². The number of hydrogen-bond donors (Lipinski definition) is 1. The number of halogens is 2. The van der Waals surface area contributed by atoms with Crippen molar-refractivity contribution in [3.63, 3.8) is 0 Å². The highest BCUT2D eigenvalue weighted by molar-refractivity contribution is 7.89. The predicted molar refractivity (Wildman–Crippen MR) is 112 cm³/mol. The minimum absolute atomic E-state index is 0.0454. The van der Waals surface area contributed by atoms with Gasteiger partial charge in [-0.25, -0.2) is 17.2 Å². The molecule has 0 aromatic heterocycles. The highest BCUT2D eigenvalue weighted by Crippen LogP contribution is 2.28. The van der Waals surface area contributed by atoms with Gasteiger partial charge in [-0.05, 0) is 36.4 Å². The van der Waals surface area contributed by atoms with Gasteiger partial charge < -0.3 is 10.2 Å². The monoisotopic (exact) mass is 451 g/mol. The van der Waals surface area contributed by atoms with E-state index in [2.05, 4.69) is 5.32 Å². The number of anilines is 2. The molecular weight excluding hydrogens is 428 g/mol. The molecule has 0 radical (unpaired) electrons. The number of carbonyl (C=O) groups excluding carboxylic acids is 2. The summed E-state index contributed by atoms with van der Waals surface area (Å²) in [6.45, 7) is 4.23. The van der Waals surface area contributed by atoms with Crippen LogP contribution in [0.5, 0.6) is 0 Å². The SMILES string of the molecule is CCN(CC)S(=O)(=O)c1ccc(N2C[C@H](C(=O)Nc3cc(F)ccc3F)CC2=O)cc1. The normalized spacial score (nSPS) is 16.7. The summed E-state index contributed by atoms with van der Waals surface area (Å²) >= 11 is 0.